The van der Waals surface area contributed by atoms with E-state index in [-0.39, 0.29) is 21.3 Å². The quantitative estimate of drug-likeness (QED) is 0.637. The van der Waals surface area contributed by atoms with Crippen LogP contribution >= 0.6 is 15.9 Å². The van der Waals surface area contributed by atoms with Crippen LogP contribution < -0.4 is 17.0 Å². The van der Waals surface area contributed by atoms with Crippen molar-refractivity contribution in [3.8, 4) is 0 Å². The van der Waals surface area contributed by atoms with Crippen LogP contribution in [0, 0.1) is 5.82 Å². The lowest BCUT2D eigenvalue weighted by Crippen LogP contribution is -2.39. The predicted molar refractivity (Wildman–Crippen MR) is 78.9 cm³/mol. The van der Waals surface area contributed by atoms with Crippen molar-refractivity contribution in [3.05, 3.63) is 60.6 Å². The number of anilines is 1. The zero-order valence-corrected chi connectivity index (χ0v) is 12.8. The minimum atomic E-state index is -0.724. The molecule has 0 saturated carbocycles. The molecule has 6 nitrogen and oxygen atoms in total. The Kier molecular flexibility index (Phi) is 3.82. The number of halogens is 2. The van der Waals surface area contributed by atoms with Crippen molar-refractivity contribution in [3.63, 3.8) is 0 Å². The molecule has 2 N–H and O–H groups in total. The molecule has 0 fully saturated rings. The summed E-state index contributed by atoms with van der Waals surface area (Å²) in [6.45, 7) is 0. The van der Waals surface area contributed by atoms with Gasteiger partial charge in [0, 0.05) is 30.3 Å². The van der Waals surface area contributed by atoms with Gasteiger partial charge in [-0.3, -0.25) is 14.2 Å². The highest BCUT2D eigenvalue weighted by Crippen LogP contribution is 2.24. The third-order valence-corrected chi connectivity index (χ3v) is 3.68. The zero-order chi connectivity index (χ0) is 15.9. The van der Waals surface area contributed by atoms with Crippen molar-refractivity contribution in [1.29, 1.82) is 0 Å². The SMILES string of the molecule is Cn1cc(C(=O)c2cc(N)c(F)cc2Br)c(=O)n(C)c1=O. The first-order valence-electron chi connectivity index (χ1n) is 5.80. The van der Waals surface area contributed by atoms with Gasteiger partial charge in [0.1, 0.15) is 11.4 Å². The van der Waals surface area contributed by atoms with Crippen LogP contribution in [0.1, 0.15) is 15.9 Å². The van der Waals surface area contributed by atoms with Gasteiger partial charge in [0.25, 0.3) is 5.56 Å². The van der Waals surface area contributed by atoms with E-state index in [2.05, 4.69) is 15.9 Å². The Morgan fingerprint density at radius 1 is 1.24 bits per heavy atom. The lowest BCUT2D eigenvalue weighted by Gasteiger charge is -2.08. The molecule has 2 aromatic rings. The normalized spacial score (nSPS) is 10.7. The van der Waals surface area contributed by atoms with Gasteiger partial charge in [-0.2, -0.15) is 0 Å². The molecule has 0 spiro atoms. The van der Waals surface area contributed by atoms with Crippen molar-refractivity contribution >= 4 is 27.4 Å². The van der Waals surface area contributed by atoms with Crippen LogP contribution in [-0.2, 0) is 14.1 Å². The Hall–Kier alpha value is -2.22. The van der Waals surface area contributed by atoms with E-state index < -0.39 is 22.8 Å². The maximum Gasteiger partial charge on any atom is 0.330 e. The van der Waals surface area contributed by atoms with Crippen molar-refractivity contribution in [2.75, 3.05) is 5.73 Å². The predicted octanol–water partition coefficient (Wildman–Crippen LogP) is 0.799. The number of aryl methyl sites for hydroxylation is 1. The van der Waals surface area contributed by atoms with Crippen LogP contribution in [0.25, 0.3) is 0 Å². The topological polar surface area (TPSA) is 87.1 Å². The first-order chi connectivity index (χ1) is 9.73. The van der Waals surface area contributed by atoms with Crippen molar-refractivity contribution in [2.24, 2.45) is 14.1 Å². The van der Waals surface area contributed by atoms with E-state index in [1.54, 1.807) is 0 Å². The number of carbonyl (C=O) groups is 1. The molecule has 21 heavy (non-hydrogen) atoms. The number of aromatic nitrogens is 2. The molecule has 0 amide bonds. The van der Waals surface area contributed by atoms with Gasteiger partial charge in [0.05, 0.1) is 5.69 Å². The lowest BCUT2D eigenvalue weighted by molar-refractivity contribution is 0.103. The molecule has 0 bridgehead atoms. The van der Waals surface area contributed by atoms with Crippen LogP contribution in [0.2, 0.25) is 0 Å². The maximum absolute atomic E-state index is 13.3. The van der Waals surface area contributed by atoms with Crippen LogP contribution in [0.4, 0.5) is 10.1 Å². The highest BCUT2D eigenvalue weighted by molar-refractivity contribution is 9.10. The molecule has 0 aliphatic rings. The van der Waals surface area contributed by atoms with E-state index in [1.807, 2.05) is 0 Å². The Morgan fingerprint density at radius 3 is 2.48 bits per heavy atom. The summed E-state index contributed by atoms with van der Waals surface area (Å²) < 4.78 is 15.4. The number of hydrogen-bond acceptors (Lipinski definition) is 4. The fourth-order valence-corrected chi connectivity index (χ4v) is 2.34. The largest absolute Gasteiger partial charge is 0.396 e. The summed E-state index contributed by atoms with van der Waals surface area (Å²) in [7, 11) is 2.70. The number of nitrogens with two attached hydrogens (primary N) is 1. The third-order valence-electron chi connectivity index (χ3n) is 3.02. The van der Waals surface area contributed by atoms with E-state index >= 15 is 0 Å². The van der Waals surface area contributed by atoms with Crippen LogP contribution in [-0.4, -0.2) is 14.9 Å². The Morgan fingerprint density at radius 2 is 1.86 bits per heavy atom. The second kappa shape index (κ2) is 5.28. The second-order valence-corrected chi connectivity index (χ2v) is 5.34. The third kappa shape index (κ3) is 2.54. The molecule has 0 unspecified atom stereocenters. The smallest absolute Gasteiger partial charge is 0.330 e. The second-order valence-electron chi connectivity index (χ2n) is 4.48. The minimum absolute atomic E-state index is 0.0460. The van der Waals surface area contributed by atoms with Gasteiger partial charge in [-0.25, -0.2) is 9.18 Å². The Bertz CT molecular complexity index is 870. The molecule has 1 aromatic carbocycles. The number of ketones is 1. The molecule has 8 heteroatoms. The van der Waals surface area contributed by atoms with Crippen molar-refractivity contribution in [2.45, 2.75) is 0 Å². The van der Waals surface area contributed by atoms with Crippen LogP contribution in [0.5, 0.6) is 0 Å². The van der Waals surface area contributed by atoms with Crippen LogP contribution in [0.15, 0.2) is 32.4 Å². The number of nitrogen functional groups attached to an aromatic ring is 1. The van der Waals surface area contributed by atoms with Gasteiger partial charge in [-0.1, -0.05) is 0 Å². The average Bonchev–Trinajstić information content (AvgIpc) is 2.43. The molecular formula is C13H11BrFN3O3. The molecule has 0 radical (unpaired) electrons. The summed E-state index contributed by atoms with van der Waals surface area (Å²) in [4.78, 5) is 36.1. The highest BCUT2D eigenvalue weighted by atomic mass is 79.9. The number of hydrogen-bond donors (Lipinski definition) is 1. The summed E-state index contributed by atoms with van der Waals surface area (Å²) in [6.07, 6.45) is 1.15. The summed E-state index contributed by atoms with van der Waals surface area (Å²) in [5.74, 6) is -1.32. The first kappa shape index (κ1) is 15.2. The van der Waals surface area contributed by atoms with E-state index in [0.717, 1.165) is 27.5 Å². The molecule has 110 valence electrons. The van der Waals surface area contributed by atoms with E-state index in [4.69, 9.17) is 5.73 Å². The Labute approximate surface area is 126 Å². The van der Waals surface area contributed by atoms with Gasteiger partial charge < -0.3 is 10.3 Å². The van der Waals surface area contributed by atoms with E-state index in [1.165, 1.54) is 14.1 Å². The summed E-state index contributed by atoms with van der Waals surface area (Å²) in [6, 6.07) is 2.20. The molecule has 1 aromatic heterocycles. The van der Waals surface area contributed by atoms with Gasteiger partial charge >= 0.3 is 5.69 Å². The fourth-order valence-electron chi connectivity index (χ4n) is 1.85. The maximum atomic E-state index is 13.3. The number of nitrogens with zero attached hydrogens (tertiary/aromatic N) is 2. The van der Waals surface area contributed by atoms with Gasteiger partial charge in [0.2, 0.25) is 5.78 Å². The molecule has 0 aliphatic heterocycles. The first-order valence-corrected chi connectivity index (χ1v) is 6.59. The minimum Gasteiger partial charge on any atom is -0.396 e. The molecule has 1 heterocycles. The number of rotatable bonds is 2. The number of benzene rings is 1. The highest BCUT2D eigenvalue weighted by Gasteiger charge is 2.20. The van der Waals surface area contributed by atoms with E-state index in [9.17, 15) is 18.8 Å². The summed E-state index contributed by atoms with van der Waals surface area (Å²) >= 11 is 3.06. The van der Waals surface area contributed by atoms with Gasteiger partial charge in [0.15, 0.2) is 0 Å². The molecule has 0 saturated heterocycles. The zero-order valence-electron chi connectivity index (χ0n) is 11.2. The van der Waals surface area contributed by atoms with Crippen LogP contribution in [0.3, 0.4) is 0 Å². The fraction of sp³-hybridized carbons (Fsp3) is 0.154. The molecule has 0 aliphatic carbocycles. The number of carbonyl (C=O) groups excluding carboxylic acids is 1. The van der Waals surface area contributed by atoms with Gasteiger partial charge in [-0.05, 0) is 28.1 Å². The molecular weight excluding hydrogens is 345 g/mol. The van der Waals surface area contributed by atoms with Gasteiger partial charge in [-0.15, -0.1) is 0 Å². The lowest BCUT2D eigenvalue weighted by atomic mass is 10.0. The van der Waals surface area contributed by atoms with Crippen molar-refractivity contribution < 1.29 is 9.18 Å². The summed E-state index contributed by atoms with van der Waals surface area (Å²) in [5.41, 5.74) is 3.81. The standard InChI is InChI=1S/C13H11BrFN3O3/c1-17-5-7(12(20)18(2)13(17)21)11(19)6-3-10(16)9(15)4-8(6)14/h3-5H,16H2,1-2H3. The molecule has 0 atom stereocenters. The average molecular weight is 356 g/mol. The van der Waals surface area contributed by atoms with Crippen molar-refractivity contribution in [1.82, 2.24) is 9.13 Å². The Balaban J connectivity index is 2.70. The summed E-state index contributed by atoms with van der Waals surface area (Å²) in [5, 5.41) is 0. The molecule has 2 rings (SSSR count). The van der Waals surface area contributed by atoms with E-state index in [0.29, 0.717) is 0 Å². The monoisotopic (exact) mass is 355 g/mol.